The number of rotatable bonds is 10. The third kappa shape index (κ3) is 6.54. The molecule has 3 aromatic carbocycles. The fourth-order valence-electron chi connectivity index (χ4n) is 10.1. The Morgan fingerprint density at radius 2 is 1.55 bits per heavy atom. The van der Waals surface area contributed by atoms with Crippen LogP contribution in [0.5, 0.6) is 11.5 Å². The summed E-state index contributed by atoms with van der Waals surface area (Å²) in [6.07, 6.45) is 30.9. The molecule has 3 aromatic rings. The van der Waals surface area contributed by atoms with Gasteiger partial charge in [-0.15, -0.1) is 0 Å². The monoisotopic (exact) mass is 721 g/mol. The summed E-state index contributed by atoms with van der Waals surface area (Å²) in [5.74, 6) is 3.01. The van der Waals surface area contributed by atoms with Gasteiger partial charge in [-0.2, -0.15) is 0 Å². The second kappa shape index (κ2) is 15.1. The molecule has 278 valence electrons. The van der Waals surface area contributed by atoms with Gasteiger partial charge in [-0.3, -0.25) is 4.99 Å². The van der Waals surface area contributed by atoms with Crippen LogP contribution in [0, 0.1) is 29.1 Å². The first kappa shape index (κ1) is 36.8. The average molecular weight is 722 g/mol. The standard InChI is InChI=1S/C53H55NO/c1-7-45(51(40-18-10-8-11-19-40)54-50(36(2)3)43-27-26-41-34-37(4)24-25-42(41)35-43)38(5)39-28-30-44(31-29-39)53(52(6)32-16-9-17-33-52)46-20-12-14-22-48(46)55-49-23-15-13-21-47(49)53/h8-26,28,30-32,35,37,39,43,45,51H,2,5,7,27,29,33-34H2,1,3-4,6H3. The number of hydrogen-bond donors (Lipinski definition) is 0. The predicted octanol–water partition coefficient (Wildman–Crippen LogP) is 13.9. The summed E-state index contributed by atoms with van der Waals surface area (Å²) in [5, 5.41) is 0. The minimum Gasteiger partial charge on any atom is -0.457 e. The Labute approximate surface area is 329 Å². The van der Waals surface area contributed by atoms with Crippen molar-refractivity contribution < 1.29 is 4.74 Å². The first-order chi connectivity index (χ1) is 26.7. The number of allylic oxidation sites excluding steroid dienone is 15. The molecular weight excluding hydrogens is 667 g/mol. The molecule has 0 radical (unpaired) electrons. The first-order valence-electron chi connectivity index (χ1n) is 20.4. The van der Waals surface area contributed by atoms with Gasteiger partial charge < -0.3 is 4.74 Å². The highest BCUT2D eigenvalue weighted by Crippen LogP contribution is 2.63. The van der Waals surface area contributed by atoms with Crippen molar-refractivity contribution in [3.63, 3.8) is 0 Å². The Kier molecular flexibility index (Phi) is 10.1. The lowest BCUT2D eigenvalue weighted by atomic mass is 9.50. The lowest BCUT2D eigenvalue weighted by molar-refractivity contribution is 0.259. The molecule has 0 saturated carbocycles. The summed E-state index contributed by atoms with van der Waals surface area (Å²) in [6, 6.07) is 28.1. The zero-order valence-corrected chi connectivity index (χ0v) is 33.0. The Balaban J connectivity index is 1.16. The molecule has 1 aliphatic heterocycles. The van der Waals surface area contributed by atoms with E-state index >= 15 is 0 Å². The normalized spacial score (nSPS) is 25.9. The van der Waals surface area contributed by atoms with E-state index in [4.69, 9.17) is 16.3 Å². The van der Waals surface area contributed by atoms with Crippen LogP contribution in [0.25, 0.3) is 0 Å². The van der Waals surface area contributed by atoms with E-state index in [-0.39, 0.29) is 29.2 Å². The summed E-state index contributed by atoms with van der Waals surface area (Å²) in [7, 11) is 0. The number of hydrogen-bond acceptors (Lipinski definition) is 2. The fraction of sp³-hybridized carbons (Fsp3) is 0.302. The van der Waals surface area contributed by atoms with Crippen molar-refractivity contribution in [2.24, 2.45) is 34.1 Å². The molecule has 0 bridgehead atoms. The van der Waals surface area contributed by atoms with Crippen molar-refractivity contribution in [1.29, 1.82) is 0 Å². The van der Waals surface area contributed by atoms with Gasteiger partial charge in [-0.1, -0.05) is 173 Å². The van der Waals surface area contributed by atoms with Crippen LogP contribution >= 0.6 is 0 Å². The van der Waals surface area contributed by atoms with E-state index in [9.17, 15) is 0 Å². The van der Waals surface area contributed by atoms with Gasteiger partial charge in [0.25, 0.3) is 0 Å². The Hall–Kier alpha value is -5.21. The topological polar surface area (TPSA) is 21.6 Å². The first-order valence-corrected chi connectivity index (χ1v) is 20.4. The second-order valence-electron chi connectivity index (χ2n) is 16.6. The van der Waals surface area contributed by atoms with Crippen LogP contribution in [-0.4, -0.2) is 5.71 Å². The van der Waals surface area contributed by atoms with Crippen molar-refractivity contribution >= 4 is 5.71 Å². The molecule has 0 amide bonds. The summed E-state index contributed by atoms with van der Waals surface area (Å²) >= 11 is 0. The van der Waals surface area contributed by atoms with Crippen LogP contribution in [0.3, 0.4) is 0 Å². The van der Waals surface area contributed by atoms with E-state index in [0.29, 0.717) is 5.92 Å². The number of nitrogens with zero attached hydrogens (tertiary/aromatic N) is 1. The van der Waals surface area contributed by atoms with Gasteiger partial charge in [-0.05, 0) is 84.9 Å². The van der Waals surface area contributed by atoms with Crippen LogP contribution < -0.4 is 4.74 Å². The van der Waals surface area contributed by atoms with Crippen LogP contribution in [0.15, 0.2) is 192 Å². The van der Waals surface area contributed by atoms with Crippen molar-refractivity contribution in [3.8, 4) is 11.5 Å². The second-order valence-corrected chi connectivity index (χ2v) is 16.6. The van der Waals surface area contributed by atoms with Gasteiger partial charge in [-0.25, -0.2) is 0 Å². The van der Waals surface area contributed by atoms with Crippen molar-refractivity contribution in [2.75, 3.05) is 0 Å². The van der Waals surface area contributed by atoms with Crippen molar-refractivity contribution in [3.05, 3.63) is 203 Å². The maximum Gasteiger partial charge on any atom is 0.131 e. The van der Waals surface area contributed by atoms with E-state index in [1.54, 1.807) is 0 Å². The molecule has 0 saturated heterocycles. The molecule has 6 unspecified atom stereocenters. The van der Waals surface area contributed by atoms with Gasteiger partial charge >= 0.3 is 0 Å². The third-order valence-electron chi connectivity index (χ3n) is 12.9. The molecule has 0 spiro atoms. The Bertz CT molecular complexity index is 2190. The Morgan fingerprint density at radius 1 is 0.855 bits per heavy atom. The molecule has 5 aliphatic rings. The smallest absolute Gasteiger partial charge is 0.131 e. The molecule has 0 fully saturated rings. The number of ether oxygens (including phenoxy) is 1. The quantitative estimate of drug-likeness (QED) is 0.151. The van der Waals surface area contributed by atoms with Gasteiger partial charge in [0.15, 0.2) is 0 Å². The summed E-state index contributed by atoms with van der Waals surface area (Å²) < 4.78 is 6.62. The molecule has 2 heteroatoms. The van der Waals surface area contributed by atoms with Crippen LogP contribution in [0.1, 0.15) is 82.5 Å². The molecular formula is C53H55NO. The van der Waals surface area contributed by atoms with E-state index in [2.05, 4.69) is 180 Å². The summed E-state index contributed by atoms with van der Waals surface area (Å²) in [5.41, 5.74) is 10.6. The number of benzene rings is 3. The highest BCUT2D eigenvalue weighted by molar-refractivity contribution is 6.02. The highest BCUT2D eigenvalue weighted by Gasteiger charge is 2.55. The van der Waals surface area contributed by atoms with E-state index in [0.717, 1.165) is 54.9 Å². The lowest BCUT2D eigenvalue weighted by Gasteiger charge is -2.53. The molecule has 6 atom stereocenters. The van der Waals surface area contributed by atoms with Gasteiger partial charge in [0.2, 0.25) is 0 Å². The zero-order chi connectivity index (χ0) is 38.2. The van der Waals surface area contributed by atoms with Gasteiger partial charge in [0, 0.05) is 40.0 Å². The molecule has 2 nitrogen and oxygen atoms in total. The van der Waals surface area contributed by atoms with E-state index in [1.807, 2.05) is 0 Å². The van der Waals surface area contributed by atoms with E-state index in [1.165, 1.54) is 39.0 Å². The largest absolute Gasteiger partial charge is 0.457 e. The molecule has 55 heavy (non-hydrogen) atoms. The van der Waals surface area contributed by atoms with Crippen LogP contribution in [0.4, 0.5) is 0 Å². The highest BCUT2D eigenvalue weighted by atomic mass is 16.5. The third-order valence-corrected chi connectivity index (χ3v) is 12.9. The number of para-hydroxylation sites is 2. The minimum atomic E-state index is -0.436. The van der Waals surface area contributed by atoms with Crippen LogP contribution in [-0.2, 0) is 5.41 Å². The maximum atomic E-state index is 6.62. The van der Waals surface area contributed by atoms with Crippen molar-refractivity contribution in [2.45, 2.75) is 71.3 Å². The van der Waals surface area contributed by atoms with Gasteiger partial charge in [0.05, 0.1) is 11.5 Å². The number of fused-ring (bicyclic) bond motifs is 3. The molecule has 4 aliphatic carbocycles. The minimum absolute atomic E-state index is 0.0615. The number of aliphatic imine (C=N–C) groups is 1. The molecule has 0 N–H and O–H groups in total. The summed E-state index contributed by atoms with van der Waals surface area (Å²) in [6.45, 7) is 18.6. The van der Waals surface area contributed by atoms with E-state index < -0.39 is 5.41 Å². The summed E-state index contributed by atoms with van der Waals surface area (Å²) in [4.78, 5) is 5.72. The fourth-order valence-corrected chi connectivity index (χ4v) is 10.1. The molecule has 0 aromatic heterocycles. The van der Waals surface area contributed by atoms with Crippen LogP contribution in [0.2, 0.25) is 0 Å². The average Bonchev–Trinajstić information content (AvgIpc) is 3.21. The SMILES string of the molecule is C=C(C)C(=NC(c1ccccc1)C(CC)C(=C)C1C=CC(C2(C3(C)C=CC=CC3)c3ccccc3Oc3ccccc32)=CC1)C1C=C2C=CC(C)CC2=CC1. The predicted molar refractivity (Wildman–Crippen MR) is 232 cm³/mol. The van der Waals surface area contributed by atoms with Gasteiger partial charge in [0.1, 0.15) is 11.5 Å². The maximum absolute atomic E-state index is 6.62. The molecule has 8 rings (SSSR count). The van der Waals surface area contributed by atoms with Crippen molar-refractivity contribution in [1.82, 2.24) is 0 Å². The zero-order valence-electron chi connectivity index (χ0n) is 33.0. The molecule has 1 heterocycles. The lowest BCUT2D eigenvalue weighted by Crippen LogP contribution is -2.47. The Morgan fingerprint density at radius 3 is 2.18 bits per heavy atom.